The Labute approximate surface area is 111 Å². The van der Waals surface area contributed by atoms with Gasteiger partial charge in [0.1, 0.15) is 0 Å². The van der Waals surface area contributed by atoms with E-state index in [4.69, 9.17) is 0 Å². The molecule has 1 aromatic rings. The second-order valence-electron chi connectivity index (χ2n) is 6.94. The van der Waals surface area contributed by atoms with Gasteiger partial charge in [0.25, 0.3) is 0 Å². The zero-order valence-corrected chi connectivity index (χ0v) is 11.9. The Bertz CT molecular complexity index is 431. The summed E-state index contributed by atoms with van der Waals surface area (Å²) in [7, 11) is 0. The minimum Gasteiger partial charge on any atom is -0.307 e. The molecule has 18 heavy (non-hydrogen) atoms. The second kappa shape index (κ2) is 4.38. The van der Waals surface area contributed by atoms with Gasteiger partial charge in [0.2, 0.25) is 0 Å². The number of nitrogens with one attached hydrogen (secondary N) is 1. The van der Waals surface area contributed by atoms with Crippen molar-refractivity contribution in [3.05, 3.63) is 35.4 Å². The van der Waals surface area contributed by atoms with Crippen LogP contribution in [0.1, 0.15) is 57.2 Å². The Morgan fingerprint density at radius 1 is 1.22 bits per heavy atom. The van der Waals surface area contributed by atoms with Crippen LogP contribution >= 0.6 is 0 Å². The molecule has 1 fully saturated rings. The van der Waals surface area contributed by atoms with Crippen LogP contribution < -0.4 is 5.32 Å². The van der Waals surface area contributed by atoms with Crippen LogP contribution in [0.15, 0.2) is 24.3 Å². The lowest BCUT2D eigenvalue weighted by Gasteiger charge is -2.38. The van der Waals surface area contributed by atoms with Crippen molar-refractivity contribution in [3.8, 4) is 0 Å². The van der Waals surface area contributed by atoms with Crippen molar-refractivity contribution in [3.63, 3.8) is 0 Å². The van der Waals surface area contributed by atoms with Gasteiger partial charge in [-0.05, 0) is 48.6 Å². The summed E-state index contributed by atoms with van der Waals surface area (Å²) in [6.45, 7) is 7.18. The maximum Gasteiger partial charge on any atom is 0.0379 e. The molecule has 2 unspecified atom stereocenters. The summed E-state index contributed by atoms with van der Waals surface area (Å²) in [5.74, 6) is 0.911. The molecule has 1 heteroatoms. The van der Waals surface area contributed by atoms with Crippen LogP contribution in [0.3, 0.4) is 0 Å². The zero-order chi connectivity index (χ0) is 12.8. The Hall–Kier alpha value is -0.820. The Balaban J connectivity index is 1.80. The quantitative estimate of drug-likeness (QED) is 0.843. The lowest BCUT2D eigenvalue weighted by Crippen LogP contribution is -2.42. The fourth-order valence-electron chi connectivity index (χ4n) is 3.64. The van der Waals surface area contributed by atoms with Gasteiger partial charge in [-0.2, -0.15) is 0 Å². The first-order chi connectivity index (χ1) is 8.58. The topological polar surface area (TPSA) is 12.0 Å². The summed E-state index contributed by atoms with van der Waals surface area (Å²) in [5, 5.41) is 3.93. The average Bonchev–Trinajstić information content (AvgIpc) is 2.48. The van der Waals surface area contributed by atoms with Crippen molar-refractivity contribution in [2.45, 2.75) is 58.5 Å². The van der Waals surface area contributed by atoms with E-state index in [1.165, 1.54) is 31.2 Å². The molecule has 0 heterocycles. The molecule has 1 aromatic carbocycles. The monoisotopic (exact) mass is 243 g/mol. The minimum absolute atomic E-state index is 0.349. The molecule has 2 atom stereocenters. The molecule has 2 aliphatic rings. The van der Waals surface area contributed by atoms with E-state index in [1.807, 2.05) is 0 Å². The van der Waals surface area contributed by atoms with E-state index in [0.717, 1.165) is 5.92 Å². The maximum atomic E-state index is 3.93. The van der Waals surface area contributed by atoms with E-state index in [0.29, 0.717) is 17.5 Å². The summed E-state index contributed by atoms with van der Waals surface area (Å²) in [6, 6.07) is 10.2. The molecule has 0 spiro atoms. The van der Waals surface area contributed by atoms with Crippen molar-refractivity contribution in [1.29, 1.82) is 0 Å². The SMILES string of the molecule is CC(NC1c2ccccc2CC1(C)C)C1CCC1. The van der Waals surface area contributed by atoms with E-state index >= 15 is 0 Å². The van der Waals surface area contributed by atoms with Gasteiger partial charge >= 0.3 is 0 Å². The lowest BCUT2D eigenvalue weighted by molar-refractivity contribution is 0.182. The van der Waals surface area contributed by atoms with E-state index < -0.39 is 0 Å². The second-order valence-corrected chi connectivity index (χ2v) is 6.94. The summed E-state index contributed by atoms with van der Waals surface area (Å²) >= 11 is 0. The Morgan fingerprint density at radius 2 is 1.94 bits per heavy atom. The zero-order valence-electron chi connectivity index (χ0n) is 11.9. The molecule has 0 saturated heterocycles. The Kier molecular flexibility index (Phi) is 2.97. The maximum absolute atomic E-state index is 3.93. The molecule has 0 bridgehead atoms. The van der Waals surface area contributed by atoms with E-state index in [2.05, 4.69) is 50.4 Å². The first-order valence-corrected chi connectivity index (χ1v) is 7.42. The van der Waals surface area contributed by atoms with E-state index in [-0.39, 0.29) is 0 Å². The summed E-state index contributed by atoms with van der Waals surface area (Å²) in [4.78, 5) is 0. The first-order valence-electron chi connectivity index (χ1n) is 7.42. The molecule has 1 saturated carbocycles. The highest BCUT2D eigenvalue weighted by Crippen LogP contribution is 2.46. The molecular weight excluding hydrogens is 218 g/mol. The number of hydrogen-bond acceptors (Lipinski definition) is 1. The summed E-state index contributed by atoms with van der Waals surface area (Å²) < 4.78 is 0. The average molecular weight is 243 g/mol. The third-order valence-corrected chi connectivity index (χ3v) is 5.08. The fourth-order valence-corrected chi connectivity index (χ4v) is 3.64. The molecule has 0 radical (unpaired) electrons. The highest BCUT2D eigenvalue weighted by atomic mass is 15.0. The number of benzene rings is 1. The van der Waals surface area contributed by atoms with Gasteiger partial charge in [-0.15, -0.1) is 0 Å². The molecule has 0 aromatic heterocycles. The summed E-state index contributed by atoms with van der Waals surface area (Å²) in [6.07, 6.45) is 5.48. The van der Waals surface area contributed by atoms with Crippen LogP contribution in [0.2, 0.25) is 0 Å². The molecule has 1 N–H and O–H groups in total. The van der Waals surface area contributed by atoms with Gasteiger partial charge in [-0.3, -0.25) is 0 Å². The van der Waals surface area contributed by atoms with Crippen LogP contribution in [0.5, 0.6) is 0 Å². The number of fused-ring (bicyclic) bond motifs is 1. The molecule has 2 aliphatic carbocycles. The van der Waals surface area contributed by atoms with Crippen LogP contribution in [-0.2, 0) is 6.42 Å². The molecule has 3 rings (SSSR count). The van der Waals surface area contributed by atoms with Crippen molar-refractivity contribution >= 4 is 0 Å². The molecule has 98 valence electrons. The highest BCUT2D eigenvalue weighted by molar-refractivity contribution is 5.37. The molecule has 1 nitrogen and oxygen atoms in total. The Morgan fingerprint density at radius 3 is 2.61 bits per heavy atom. The van der Waals surface area contributed by atoms with Crippen molar-refractivity contribution in [2.24, 2.45) is 11.3 Å². The van der Waals surface area contributed by atoms with E-state index in [1.54, 1.807) is 5.56 Å². The third-order valence-electron chi connectivity index (χ3n) is 5.08. The van der Waals surface area contributed by atoms with Crippen LogP contribution in [0.4, 0.5) is 0 Å². The van der Waals surface area contributed by atoms with Crippen molar-refractivity contribution in [2.75, 3.05) is 0 Å². The normalized spacial score (nSPS) is 27.6. The van der Waals surface area contributed by atoms with Gasteiger partial charge < -0.3 is 5.32 Å². The first kappa shape index (κ1) is 12.2. The molecular formula is C17H25N. The standard InChI is InChI=1S/C17H25N/c1-12(13-8-6-9-13)18-16-15-10-5-4-7-14(15)11-17(16,2)3/h4-5,7,10,12-13,16,18H,6,8-9,11H2,1-3H3. The van der Waals surface area contributed by atoms with Crippen LogP contribution in [-0.4, -0.2) is 6.04 Å². The van der Waals surface area contributed by atoms with Gasteiger partial charge in [0.05, 0.1) is 0 Å². The lowest BCUT2D eigenvalue weighted by atomic mass is 9.78. The smallest absolute Gasteiger partial charge is 0.0379 e. The minimum atomic E-state index is 0.349. The molecule has 0 amide bonds. The molecule has 0 aliphatic heterocycles. The summed E-state index contributed by atoms with van der Waals surface area (Å²) in [5.41, 5.74) is 3.43. The fraction of sp³-hybridized carbons (Fsp3) is 0.647. The van der Waals surface area contributed by atoms with Crippen LogP contribution in [0.25, 0.3) is 0 Å². The predicted molar refractivity (Wildman–Crippen MR) is 76.6 cm³/mol. The number of hydrogen-bond donors (Lipinski definition) is 1. The van der Waals surface area contributed by atoms with Gasteiger partial charge in [-0.25, -0.2) is 0 Å². The van der Waals surface area contributed by atoms with Crippen molar-refractivity contribution in [1.82, 2.24) is 5.32 Å². The highest BCUT2D eigenvalue weighted by Gasteiger charge is 2.40. The number of rotatable bonds is 3. The van der Waals surface area contributed by atoms with Gasteiger partial charge in [-0.1, -0.05) is 44.5 Å². The predicted octanol–water partition coefficient (Wildman–Crippen LogP) is 4.09. The van der Waals surface area contributed by atoms with Gasteiger partial charge in [0, 0.05) is 12.1 Å². The van der Waals surface area contributed by atoms with E-state index in [9.17, 15) is 0 Å². The van der Waals surface area contributed by atoms with Crippen LogP contribution in [0, 0.1) is 11.3 Å². The largest absolute Gasteiger partial charge is 0.307 e. The van der Waals surface area contributed by atoms with Gasteiger partial charge in [0.15, 0.2) is 0 Å². The third kappa shape index (κ3) is 1.99. The van der Waals surface area contributed by atoms with Crippen molar-refractivity contribution < 1.29 is 0 Å².